The molecule has 1 unspecified atom stereocenters. The van der Waals surface area contributed by atoms with E-state index in [4.69, 9.17) is 5.11 Å². The van der Waals surface area contributed by atoms with Crippen molar-refractivity contribution in [3.63, 3.8) is 0 Å². The van der Waals surface area contributed by atoms with Crippen LogP contribution in [0.1, 0.15) is 42.9 Å². The highest BCUT2D eigenvalue weighted by atomic mass is 19.4. The van der Waals surface area contributed by atoms with Gasteiger partial charge in [-0.3, -0.25) is 10.1 Å². The van der Waals surface area contributed by atoms with Crippen LogP contribution in [0.2, 0.25) is 0 Å². The summed E-state index contributed by atoms with van der Waals surface area (Å²) in [5, 5.41) is 10.7. The van der Waals surface area contributed by atoms with E-state index in [9.17, 15) is 39.9 Å². The summed E-state index contributed by atoms with van der Waals surface area (Å²) in [5.74, 6) is -5.66. The maximum atomic E-state index is 13.9. The number of carboxylic acids is 1. The lowest BCUT2D eigenvalue weighted by molar-refractivity contribution is -0.166. The van der Waals surface area contributed by atoms with Crippen LogP contribution in [0.15, 0.2) is 24.3 Å². The standard InChI is InChI=1S/C17H17F8NO2/c18-15(19,7-9-1-2-9)8-12(14(27)28)26-13(17(23,24)25)10-3-5-11(6-4-10)16(20,21)22/h3-6,9,12-13,26H,1-2,7-8H2,(H,27,28)/t12-,13?/m0/s1. The number of hydrogen-bond acceptors (Lipinski definition) is 2. The number of alkyl halides is 8. The van der Waals surface area contributed by atoms with Crippen molar-refractivity contribution in [1.82, 2.24) is 5.32 Å². The molecule has 1 saturated carbocycles. The lowest BCUT2D eigenvalue weighted by atomic mass is 9.99. The lowest BCUT2D eigenvalue weighted by Gasteiger charge is -2.28. The summed E-state index contributed by atoms with van der Waals surface area (Å²) in [7, 11) is 0. The average molecular weight is 419 g/mol. The minimum Gasteiger partial charge on any atom is -0.480 e. The molecule has 2 N–H and O–H groups in total. The fourth-order valence-corrected chi connectivity index (χ4v) is 2.79. The van der Waals surface area contributed by atoms with E-state index in [-0.39, 0.29) is 5.92 Å². The van der Waals surface area contributed by atoms with Crippen molar-refractivity contribution in [2.75, 3.05) is 0 Å². The van der Waals surface area contributed by atoms with E-state index in [1.807, 2.05) is 0 Å². The molecule has 0 heterocycles. The van der Waals surface area contributed by atoms with Crippen molar-refractivity contribution < 1.29 is 45.0 Å². The van der Waals surface area contributed by atoms with Crippen molar-refractivity contribution in [2.45, 2.75) is 56.0 Å². The normalized spacial score (nSPS) is 18.0. The van der Waals surface area contributed by atoms with Gasteiger partial charge in [-0.15, -0.1) is 0 Å². The van der Waals surface area contributed by atoms with Crippen LogP contribution in [-0.4, -0.2) is 29.2 Å². The molecular weight excluding hydrogens is 402 g/mol. The van der Waals surface area contributed by atoms with Crippen LogP contribution in [0.25, 0.3) is 0 Å². The minimum absolute atomic E-state index is 0.280. The fraction of sp³-hybridized carbons (Fsp3) is 0.588. The zero-order chi connectivity index (χ0) is 21.3. The number of hydrogen-bond donors (Lipinski definition) is 2. The van der Waals surface area contributed by atoms with E-state index < -0.39 is 60.3 Å². The lowest BCUT2D eigenvalue weighted by Crippen LogP contribution is -2.47. The first-order valence-electron chi connectivity index (χ1n) is 8.29. The van der Waals surface area contributed by atoms with Gasteiger partial charge in [0.1, 0.15) is 12.1 Å². The SMILES string of the molecule is O=C(O)[C@H](CC(F)(F)CC1CC1)NC(c1ccc(C(F)(F)F)cc1)C(F)(F)F. The summed E-state index contributed by atoms with van der Waals surface area (Å²) < 4.78 is 106. The van der Waals surface area contributed by atoms with Crippen molar-refractivity contribution in [1.29, 1.82) is 0 Å². The number of benzene rings is 1. The quantitative estimate of drug-likeness (QED) is 0.571. The van der Waals surface area contributed by atoms with Gasteiger partial charge in [-0.05, 0) is 36.5 Å². The maximum Gasteiger partial charge on any atom is 0.416 e. The van der Waals surface area contributed by atoms with Crippen molar-refractivity contribution in [3.05, 3.63) is 35.4 Å². The number of halogens is 8. The second-order valence-corrected chi connectivity index (χ2v) is 6.86. The van der Waals surface area contributed by atoms with Crippen LogP contribution in [0.4, 0.5) is 35.1 Å². The number of carbonyl (C=O) groups is 1. The molecule has 2 atom stereocenters. The summed E-state index contributed by atoms with van der Waals surface area (Å²) in [6.07, 6.45) is -10.7. The molecule has 158 valence electrons. The Kier molecular flexibility index (Phi) is 6.27. The highest BCUT2D eigenvalue weighted by Gasteiger charge is 2.46. The molecule has 3 nitrogen and oxygen atoms in total. The molecule has 0 bridgehead atoms. The van der Waals surface area contributed by atoms with Gasteiger partial charge in [-0.1, -0.05) is 12.1 Å². The van der Waals surface area contributed by atoms with Gasteiger partial charge in [0.25, 0.3) is 5.92 Å². The Balaban J connectivity index is 2.22. The van der Waals surface area contributed by atoms with Crippen LogP contribution < -0.4 is 5.32 Å². The Morgan fingerprint density at radius 3 is 1.96 bits per heavy atom. The van der Waals surface area contributed by atoms with Crippen molar-refractivity contribution in [2.24, 2.45) is 5.92 Å². The van der Waals surface area contributed by atoms with E-state index in [2.05, 4.69) is 0 Å². The molecule has 28 heavy (non-hydrogen) atoms. The zero-order valence-electron chi connectivity index (χ0n) is 14.2. The average Bonchev–Trinajstić information content (AvgIpc) is 3.32. The van der Waals surface area contributed by atoms with E-state index in [0.29, 0.717) is 37.1 Å². The Bertz CT molecular complexity index is 680. The molecule has 0 spiro atoms. The molecule has 1 aromatic carbocycles. The Hall–Kier alpha value is -1.91. The van der Waals surface area contributed by atoms with Gasteiger partial charge < -0.3 is 5.11 Å². The number of carboxylic acid groups (broad SMARTS) is 1. The first-order chi connectivity index (χ1) is 12.7. The smallest absolute Gasteiger partial charge is 0.416 e. The fourth-order valence-electron chi connectivity index (χ4n) is 2.79. The Morgan fingerprint density at radius 1 is 1.04 bits per heavy atom. The molecule has 1 aliphatic carbocycles. The molecule has 0 saturated heterocycles. The first-order valence-corrected chi connectivity index (χ1v) is 8.29. The number of rotatable bonds is 8. The number of aliphatic carboxylic acids is 1. The van der Waals surface area contributed by atoms with E-state index >= 15 is 0 Å². The second kappa shape index (κ2) is 7.84. The maximum absolute atomic E-state index is 13.9. The minimum atomic E-state index is -5.11. The van der Waals surface area contributed by atoms with Gasteiger partial charge in [-0.25, -0.2) is 8.78 Å². The van der Waals surface area contributed by atoms with Crippen molar-refractivity contribution >= 4 is 5.97 Å². The van der Waals surface area contributed by atoms with Crippen molar-refractivity contribution in [3.8, 4) is 0 Å². The summed E-state index contributed by atoms with van der Waals surface area (Å²) in [6.45, 7) is 0. The third kappa shape index (κ3) is 6.32. The van der Waals surface area contributed by atoms with Crippen LogP contribution in [0.5, 0.6) is 0 Å². The predicted octanol–water partition coefficient (Wildman–Crippen LogP) is 5.18. The molecular formula is C17H17F8NO2. The number of nitrogens with one attached hydrogen (secondary N) is 1. The van der Waals surface area contributed by atoms with Gasteiger partial charge in [0, 0.05) is 12.8 Å². The second-order valence-electron chi connectivity index (χ2n) is 6.86. The van der Waals surface area contributed by atoms with Gasteiger partial charge in [0.05, 0.1) is 5.56 Å². The molecule has 1 aliphatic rings. The van der Waals surface area contributed by atoms with Crippen LogP contribution in [0.3, 0.4) is 0 Å². The van der Waals surface area contributed by atoms with Gasteiger partial charge in [-0.2, -0.15) is 26.3 Å². The third-order valence-corrected chi connectivity index (χ3v) is 4.35. The molecule has 2 rings (SSSR count). The third-order valence-electron chi connectivity index (χ3n) is 4.35. The van der Waals surface area contributed by atoms with Crippen LogP contribution >= 0.6 is 0 Å². The topological polar surface area (TPSA) is 49.3 Å². The highest BCUT2D eigenvalue weighted by Crippen LogP contribution is 2.41. The molecule has 1 aromatic rings. The first kappa shape index (κ1) is 22.4. The highest BCUT2D eigenvalue weighted by molar-refractivity contribution is 5.73. The van der Waals surface area contributed by atoms with Gasteiger partial charge >= 0.3 is 18.3 Å². The Labute approximate surface area is 154 Å². The van der Waals surface area contributed by atoms with Crippen LogP contribution in [0, 0.1) is 5.92 Å². The van der Waals surface area contributed by atoms with Crippen LogP contribution in [-0.2, 0) is 11.0 Å². The van der Waals surface area contributed by atoms with E-state index in [1.54, 1.807) is 5.32 Å². The Morgan fingerprint density at radius 2 is 1.57 bits per heavy atom. The van der Waals surface area contributed by atoms with Gasteiger partial charge in [0.2, 0.25) is 0 Å². The summed E-state index contributed by atoms with van der Waals surface area (Å²) in [4.78, 5) is 11.2. The monoisotopic (exact) mass is 419 g/mol. The molecule has 1 fully saturated rings. The predicted molar refractivity (Wildman–Crippen MR) is 81.7 cm³/mol. The molecule has 0 radical (unpaired) electrons. The molecule has 0 aromatic heterocycles. The largest absolute Gasteiger partial charge is 0.480 e. The molecule has 0 amide bonds. The van der Waals surface area contributed by atoms with E-state index in [0.717, 1.165) is 0 Å². The van der Waals surface area contributed by atoms with Gasteiger partial charge in [0.15, 0.2) is 0 Å². The molecule has 11 heteroatoms. The summed E-state index contributed by atoms with van der Waals surface area (Å²) in [6, 6.07) is -3.06. The zero-order valence-corrected chi connectivity index (χ0v) is 14.2. The molecule has 0 aliphatic heterocycles. The summed E-state index contributed by atoms with van der Waals surface area (Å²) >= 11 is 0. The van der Waals surface area contributed by atoms with E-state index in [1.165, 1.54) is 0 Å². The summed E-state index contributed by atoms with van der Waals surface area (Å²) in [5.41, 5.74) is -1.90.